The van der Waals surface area contributed by atoms with Gasteiger partial charge in [0.2, 0.25) is 11.8 Å². The summed E-state index contributed by atoms with van der Waals surface area (Å²) in [6.45, 7) is -0.540. The SMILES string of the molecule is O=C(COc1ccccc1[C@H]1c2sc(=O)[nH]c2SC2C(=O)N(c3ccccc3)C(=O)C21)Nc1cccc(C(F)(F)F)c1. The molecule has 6 rings (SSSR count). The Hall–Kier alpha value is -4.36. The van der Waals surface area contributed by atoms with E-state index in [0.29, 0.717) is 21.2 Å². The standard InChI is InChI=1S/C29H20F3N3O5S2/c30-29(31,32)15-7-6-8-16(13-15)33-20(36)14-40-19-12-5-4-11-18(19)21-22-24(41-25-23(21)42-28(39)34-25)27(38)35(26(22)37)17-9-2-1-3-10-17/h1-13,21-22,24H,14H2,(H,33,36)(H,34,39)/t21-,22?,24?/m1/s1. The van der Waals surface area contributed by atoms with Crippen molar-refractivity contribution < 1.29 is 32.3 Å². The summed E-state index contributed by atoms with van der Waals surface area (Å²) >= 11 is 2.08. The summed E-state index contributed by atoms with van der Waals surface area (Å²) in [6, 6.07) is 19.5. The number of thioether (sulfide) groups is 1. The number of thiazole rings is 1. The largest absolute Gasteiger partial charge is 0.483 e. The van der Waals surface area contributed by atoms with Gasteiger partial charge in [-0.05, 0) is 36.4 Å². The van der Waals surface area contributed by atoms with Gasteiger partial charge in [0.1, 0.15) is 11.0 Å². The fourth-order valence-corrected chi connectivity index (χ4v) is 7.67. The molecular weight excluding hydrogens is 591 g/mol. The van der Waals surface area contributed by atoms with Crippen LogP contribution in [0.5, 0.6) is 5.75 Å². The van der Waals surface area contributed by atoms with Gasteiger partial charge in [0.25, 0.3) is 5.91 Å². The fraction of sp³-hybridized carbons (Fsp3) is 0.172. The molecule has 0 aliphatic carbocycles. The van der Waals surface area contributed by atoms with E-state index in [4.69, 9.17) is 4.74 Å². The molecule has 0 spiro atoms. The van der Waals surface area contributed by atoms with Crippen LogP contribution in [0, 0.1) is 5.92 Å². The zero-order chi connectivity index (χ0) is 29.6. The maximum atomic E-state index is 13.9. The van der Waals surface area contributed by atoms with Crippen LogP contribution in [0.3, 0.4) is 0 Å². The quantitative estimate of drug-likeness (QED) is 0.288. The molecular formula is C29H20F3N3O5S2. The minimum Gasteiger partial charge on any atom is -0.483 e. The highest BCUT2D eigenvalue weighted by molar-refractivity contribution is 8.00. The molecule has 1 aromatic heterocycles. The Labute approximate surface area is 244 Å². The van der Waals surface area contributed by atoms with Crippen LogP contribution < -0.4 is 19.8 Å². The first kappa shape index (κ1) is 27.8. The van der Waals surface area contributed by atoms with Gasteiger partial charge >= 0.3 is 11.0 Å². The zero-order valence-electron chi connectivity index (χ0n) is 21.4. The number of hydrogen-bond acceptors (Lipinski definition) is 7. The van der Waals surface area contributed by atoms with Crippen molar-refractivity contribution in [2.45, 2.75) is 22.4 Å². The van der Waals surface area contributed by atoms with E-state index in [9.17, 15) is 32.3 Å². The van der Waals surface area contributed by atoms with Crippen molar-refractivity contribution in [3.8, 4) is 5.75 Å². The fourth-order valence-electron chi connectivity index (χ4n) is 5.17. The molecule has 8 nitrogen and oxygen atoms in total. The number of amides is 3. The minimum atomic E-state index is -4.57. The predicted molar refractivity (Wildman–Crippen MR) is 151 cm³/mol. The lowest BCUT2D eigenvalue weighted by atomic mass is 9.82. The molecule has 2 aliphatic rings. The average molecular weight is 612 g/mol. The molecule has 0 radical (unpaired) electrons. The molecule has 3 heterocycles. The van der Waals surface area contributed by atoms with Gasteiger partial charge < -0.3 is 15.0 Å². The van der Waals surface area contributed by atoms with E-state index in [1.807, 2.05) is 0 Å². The third kappa shape index (κ3) is 5.09. The summed E-state index contributed by atoms with van der Waals surface area (Å²) in [7, 11) is 0. The van der Waals surface area contributed by atoms with Crippen molar-refractivity contribution in [3.63, 3.8) is 0 Å². The smallest absolute Gasteiger partial charge is 0.416 e. The summed E-state index contributed by atoms with van der Waals surface area (Å²) in [6.07, 6.45) is -4.57. The molecule has 1 fully saturated rings. The monoisotopic (exact) mass is 611 g/mol. The van der Waals surface area contributed by atoms with E-state index >= 15 is 0 Å². The van der Waals surface area contributed by atoms with Crippen LogP contribution in [0.15, 0.2) is 88.7 Å². The number of nitrogens with one attached hydrogen (secondary N) is 2. The number of halogens is 3. The molecule has 4 aromatic rings. The van der Waals surface area contributed by atoms with Crippen molar-refractivity contribution in [1.82, 2.24) is 4.98 Å². The Balaban J connectivity index is 1.30. The first-order valence-corrected chi connectivity index (χ1v) is 14.3. The molecule has 3 amide bonds. The number of imide groups is 1. The van der Waals surface area contributed by atoms with Crippen LogP contribution in [0.1, 0.15) is 21.9 Å². The van der Waals surface area contributed by atoms with Crippen molar-refractivity contribution >= 4 is 52.2 Å². The molecule has 1 saturated heterocycles. The Kier molecular flexibility index (Phi) is 7.15. The summed E-state index contributed by atoms with van der Waals surface area (Å²) in [4.78, 5) is 56.6. The molecule has 13 heteroatoms. The number of aromatic amines is 1. The van der Waals surface area contributed by atoms with Gasteiger partial charge in [-0.15, -0.1) is 0 Å². The lowest BCUT2D eigenvalue weighted by Crippen LogP contribution is -2.32. The van der Waals surface area contributed by atoms with Gasteiger partial charge in [-0.25, -0.2) is 4.90 Å². The van der Waals surface area contributed by atoms with Crippen LogP contribution >= 0.6 is 23.1 Å². The highest BCUT2D eigenvalue weighted by Crippen LogP contribution is 2.54. The third-order valence-corrected chi connectivity index (χ3v) is 9.33. The minimum absolute atomic E-state index is 0.0448. The maximum Gasteiger partial charge on any atom is 0.416 e. The molecule has 2 unspecified atom stereocenters. The van der Waals surface area contributed by atoms with Gasteiger partial charge in [0.15, 0.2) is 6.61 Å². The van der Waals surface area contributed by atoms with Crippen LogP contribution in [0.2, 0.25) is 0 Å². The molecule has 3 aromatic carbocycles. The Bertz CT molecular complexity index is 1750. The number of carbonyl (C=O) groups is 3. The first-order valence-electron chi connectivity index (χ1n) is 12.6. The molecule has 3 atom stereocenters. The van der Waals surface area contributed by atoms with Crippen molar-refractivity contribution in [3.05, 3.63) is 105 Å². The van der Waals surface area contributed by atoms with Crippen molar-refractivity contribution in [1.29, 1.82) is 0 Å². The predicted octanol–water partition coefficient (Wildman–Crippen LogP) is 5.27. The van der Waals surface area contributed by atoms with Gasteiger partial charge in [-0.3, -0.25) is 19.2 Å². The van der Waals surface area contributed by atoms with Crippen LogP contribution in [0.4, 0.5) is 24.5 Å². The summed E-state index contributed by atoms with van der Waals surface area (Å²) < 4.78 is 45.0. The number of rotatable bonds is 6. The van der Waals surface area contributed by atoms with Gasteiger partial charge in [-0.1, -0.05) is 65.6 Å². The summed E-state index contributed by atoms with van der Waals surface area (Å²) in [5.74, 6) is -2.87. The van der Waals surface area contributed by atoms with Gasteiger partial charge in [0.05, 0.1) is 22.2 Å². The summed E-state index contributed by atoms with van der Waals surface area (Å²) in [5.41, 5.74) is -0.0179. The number of hydrogen-bond donors (Lipinski definition) is 2. The number of benzene rings is 3. The number of carbonyl (C=O) groups excluding carboxylic acids is 3. The molecule has 42 heavy (non-hydrogen) atoms. The molecule has 0 bridgehead atoms. The van der Waals surface area contributed by atoms with E-state index < -0.39 is 53.2 Å². The van der Waals surface area contributed by atoms with Crippen molar-refractivity contribution in [2.75, 3.05) is 16.8 Å². The van der Waals surface area contributed by atoms with E-state index in [1.54, 1.807) is 54.6 Å². The second kappa shape index (κ2) is 10.8. The van der Waals surface area contributed by atoms with Crippen LogP contribution in [0.25, 0.3) is 0 Å². The Morgan fingerprint density at radius 2 is 1.69 bits per heavy atom. The summed E-state index contributed by atoms with van der Waals surface area (Å²) in [5, 5.41) is 2.08. The lowest BCUT2D eigenvalue weighted by Gasteiger charge is -2.30. The number of anilines is 2. The van der Waals surface area contributed by atoms with E-state index in [1.165, 1.54) is 12.1 Å². The third-order valence-electron chi connectivity index (χ3n) is 6.92. The number of alkyl halides is 3. The number of nitrogens with zero attached hydrogens (tertiary/aromatic N) is 1. The number of H-pyrrole nitrogens is 1. The normalized spacial score (nSPS) is 19.8. The van der Waals surface area contributed by atoms with Gasteiger partial charge in [-0.2, -0.15) is 13.2 Å². The molecule has 2 aliphatic heterocycles. The molecule has 2 N–H and O–H groups in total. The molecule has 0 saturated carbocycles. The topological polar surface area (TPSA) is 109 Å². The Morgan fingerprint density at radius 1 is 0.952 bits per heavy atom. The lowest BCUT2D eigenvalue weighted by molar-refractivity contribution is -0.137. The van der Waals surface area contributed by atoms with E-state index in [0.717, 1.165) is 40.1 Å². The molecule has 214 valence electrons. The van der Waals surface area contributed by atoms with Crippen LogP contribution in [-0.2, 0) is 20.6 Å². The zero-order valence-corrected chi connectivity index (χ0v) is 23.0. The van der Waals surface area contributed by atoms with E-state index in [2.05, 4.69) is 10.3 Å². The highest BCUT2D eigenvalue weighted by Gasteiger charge is 2.56. The highest BCUT2D eigenvalue weighted by atomic mass is 32.2. The second-order valence-corrected chi connectivity index (χ2v) is 11.7. The maximum absolute atomic E-state index is 13.9. The number of aromatic nitrogens is 1. The first-order chi connectivity index (χ1) is 20.1. The van der Waals surface area contributed by atoms with E-state index in [-0.39, 0.29) is 16.3 Å². The number of para-hydroxylation sites is 2. The van der Waals surface area contributed by atoms with Crippen LogP contribution in [-0.4, -0.2) is 34.6 Å². The Morgan fingerprint density at radius 3 is 2.45 bits per heavy atom. The van der Waals surface area contributed by atoms with Crippen molar-refractivity contribution in [2.24, 2.45) is 5.92 Å². The second-order valence-electron chi connectivity index (χ2n) is 9.55. The number of fused-ring (bicyclic) bond motifs is 2. The van der Waals surface area contributed by atoms with Gasteiger partial charge in [0, 0.05) is 22.0 Å². The average Bonchev–Trinajstić information content (AvgIpc) is 3.46. The number of ether oxygens (including phenoxy) is 1.